The predicted molar refractivity (Wildman–Crippen MR) is 134 cm³/mol. The zero-order valence-electron chi connectivity index (χ0n) is 21.4. The van der Waals surface area contributed by atoms with Gasteiger partial charge in [-0.05, 0) is 122 Å². The van der Waals surface area contributed by atoms with Gasteiger partial charge in [0.25, 0.3) is 0 Å². The monoisotopic (exact) mass is 664 g/mol. The third kappa shape index (κ3) is 7.95. The van der Waals surface area contributed by atoms with E-state index in [1.165, 1.54) is 38.5 Å². The van der Waals surface area contributed by atoms with Crippen molar-refractivity contribution < 1.29 is 36.4 Å². The van der Waals surface area contributed by atoms with Gasteiger partial charge >= 0.3 is 55.4 Å². The number of hydrogen-bond acceptors (Lipinski definition) is 0. The number of halogens is 2. The van der Waals surface area contributed by atoms with Crippen molar-refractivity contribution in [3.05, 3.63) is 37.5 Å². The van der Waals surface area contributed by atoms with E-state index in [1.807, 2.05) is 0 Å². The van der Waals surface area contributed by atoms with E-state index in [9.17, 15) is 0 Å². The van der Waals surface area contributed by atoms with Gasteiger partial charge in [0.05, 0.1) is 0 Å². The van der Waals surface area contributed by atoms with E-state index in [4.69, 9.17) is 0 Å². The van der Waals surface area contributed by atoms with Crippen LogP contribution >= 0.6 is 19.1 Å². The van der Waals surface area contributed by atoms with Crippen molar-refractivity contribution in [2.45, 2.75) is 93.9 Å². The van der Waals surface area contributed by atoms with Crippen molar-refractivity contribution in [3.63, 3.8) is 0 Å². The van der Waals surface area contributed by atoms with Crippen LogP contribution in [0.15, 0.2) is 0 Å². The molecule has 4 bridgehead atoms. The molecule has 6 aliphatic rings. The van der Waals surface area contributed by atoms with Crippen LogP contribution < -0.4 is 0 Å². The Morgan fingerprint density at radius 3 is 1.28 bits per heavy atom. The summed E-state index contributed by atoms with van der Waals surface area (Å²) in [5.74, 6) is 8.62. The summed E-state index contributed by atoms with van der Waals surface area (Å²) in [6.07, 6.45) is 18.0. The number of fused-ring (bicyclic) bond motifs is 4. The third-order valence-electron chi connectivity index (χ3n) is 8.67. The molecule has 6 saturated carbocycles. The molecule has 0 aromatic rings. The van der Waals surface area contributed by atoms with Gasteiger partial charge in [0.15, 0.2) is 0 Å². The van der Waals surface area contributed by atoms with E-state index in [2.05, 4.69) is 136 Å². The quantitative estimate of drug-likeness (QED) is 0.248. The molecule has 0 aliphatic heterocycles. The van der Waals surface area contributed by atoms with E-state index in [0.717, 1.165) is 35.5 Å². The molecule has 0 N–H and O–H groups in total. The summed E-state index contributed by atoms with van der Waals surface area (Å²) in [5.41, 5.74) is 1.19. The molecule has 190 valence electrons. The van der Waals surface area contributed by atoms with Crippen molar-refractivity contribution in [1.82, 2.24) is 0 Å². The summed E-state index contributed by atoms with van der Waals surface area (Å²) in [5, 5.41) is 0. The van der Waals surface area contributed by atoms with Crippen LogP contribution in [0.3, 0.4) is 0 Å². The molecule has 0 saturated heterocycles. The van der Waals surface area contributed by atoms with E-state index >= 15 is 0 Å². The molecule has 4 atom stereocenters. The molecule has 6 fully saturated rings. The molecule has 6 radical (unpaired) electrons. The van der Waals surface area contributed by atoms with E-state index < -0.39 is 0 Å². The zero-order valence-corrected chi connectivity index (χ0v) is 26.0. The zero-order chi connectivity index (χ0) is 24.7. The van der Waals surface area contributed by atoms with Gasteiger partial charge in [0.1, 0.15) is 0 Å². The molecule has 0 aromatic heterocycles. The van der Waals surface area contributed by atoms with Crippen LogP contribution in [0, 0.1) is 83.9 Å². The van der Waals surface area contributed by atoms with Crippen LogP contribution in [0.1, 0.15) is 93.9 Å². The molecule has 0 nitrogen and oxygen atoms in total. The Labute approximate surface area is 231 Å². The summed E-state index contributed by atoms with van der Waals surface area (Å²) in [7, 11) is 8.98. The molecule has 0 amide bonds. The van der Waals surface area contributed by atoms with Crippen LogP contribution in [0.25, 0.3) is 0 Å². The summed E-state index contributed by atoms with van der Waals surface area (Å²) < 4.78 is 0. The first-order valence-electron chi connectivity index (χ1n) is 12.3. The van der Waals surface area contributed by atoms with Crippen LogP contribution in [0.2, 0.25) is 0 Å². The fourth-order valence-corrected chi connectivity index (χ4v) is 6.00. The Kier molecular flexibility index (Phi) is 14.6. The van der Waals surface area contributed by atoms with Crippen molar-refractivity contribution in [2.24, 2.45) is 46.3 Å². The molecule has 0 aromatic carbocycles. The van der Waals surface area contributed by atoms with Gasteiger partial charge in [0.2, 0.25) is 0 Å². The second kappa shape index (κ2) is 14.6. The summed E-state index contributed by atoms with van der Waals surface area (Å²) in [6, 6.07) is 0. The van der Waals surface area contributed by atoms with E-state index in [1.54, 1.807) is 11.8 Å². The van der Waals surface area contributed by atoms with E-state index in [-0.39, 0.29) is 0 Å². The Balaban J connectivity index is 0.000000277. The van der Waals surface area contributed by atoms with Gasteiger partial charge in [-0.25, -0.2) is 0 Å². The van der Waals surface area contributed by atoms with Crippen LogP contribution in [-0.2, 0) is 36.4 Å². The topological polar surface area (TPSA) is 0 Å². The Morgan fingerprint density at radius 1 is 0.750 bits per heavy atom. The van der Waals surface area contributed by atoms with Gasteiger partial charge < -0.3 is 0 Å². The first kappa shape index (κ1) is 31.9. The molecule has 6 rings (SSSR count). The third-order valence-corrected chi connectivity index (χ3v) is 8.67. The summed E-state index contributed by atoms with van der Waals surface area (Å²) in [6.45, 7) is 19.0. The molecule has 6 aliphatic carbocycles. The average Bonchev–Trinajstić information content (AvgIpc) is 2.79. The summed E-state index contributed by atoms with van der Waals surface area (Å²) >= 11 is 4.44. The first-order valence-corrected chi connectivity index (χ1v) is 16.3. The van der Waals surface area contributed by atoms with E-state index in [0.29, 0.717) is 10.8 Å². The molecule has 0 heterocycles. The van der Waals surface area contributed by atoms with Crippen LogP contribution in [0.4, 0.5) is 0 Å². The number of hydrogen-bond donors (Lipinski definition) is 0. The predicted octanol–water partition coefficient (Wildman–Crippen LogP) is 9.54. The Bertz CT molecular complexity index is 468. The molecule has 32 heavy (non-hydrogen) atoms. The van der Waals surface area contributed by atoms with Crippen LogP contribution in [0.5, 0.6) is 0 Å². The first-order chi connectivity index (χ1) is 15.0. The normalized spacial score (nSPS) is 31.8. The number of rotatable bonds is 6. The van der Waals surface area contributed by atoms with Crippen molar-refractivity contribution >= 4 is 19.1 Å². The maximum atomic E-state index is 4.49. The molecular weight excluding hydrogens is 620 g/mol. The fourth-order valence-electron chi connectivity index (χ4n) is 6.00. The maximum absolute atomic E-state index is 4.49. The second-order valence-electron chi connectivity index (χ2n) is 12.2. The summed E-state index contributed by atoms with van der Waals surface area (Å²) in [4.78, 5) is 0. The molecular formula is C28H46Cl2Pd2+2. The average molecular weight is 666 g/mol. The van der Waals surface area contributed by atoms with Gasteiger partial charge in [-0.15, -0.1) is 0 Å². The Hall–Kier alpha value is 1.90. The van der Waals surface area contributed by atoms with Crippen LogP contribution in [-0.4, -0.2) is 0 Å². The molecule has 4 heteroatoms. The minimum absolute atomic E-state index is 0.595. The van der Waals surface area contributed by atoms with Crippen molar-refractivity contribution in [3.8, 4) is 0 Å². The van der Waals surface area contributed by atoms with Gasteiger partial charge in [-0.1, -0.05) is 55.4 Å². The van der Waals surface area contributed by atoms with Gasteiger partial charge in [-0.2, -0.15) is 0 Å². The van der Waals surface area contributed by atoms with Gasteiger partial charge in [0, 0.05) is 0 Å². The standard InChI is InChI=1S/2C14H23.2ClH.2Pd/c2*1-10(2)5-6-11-7-8-12-9-13(11)14(12,3)4;;;;/h2*6-7,10,12-13H,5,8-9H2,1-4H3;2*1H;;/q;;;;2*+2/p-2/t2*12-,13-;;;;/m00..../s1. The van der Waals surface area contributed by atoms with Crippen molar-refractivity contribution in [1.29, 1.82) is 0 Å². The Morgan fingerprint density at radius 2 is 1.06 bits per heavy atom. The van der Waals surface area contributed by atoms with Crippen molar-refractivity contribution in [2.75, 3.05) is 0 Å². The SMILES string of the molecule is CC(C)C[CH][C]1[CH]C[C@H]2C[C@@H]1C2(C)C.CC(C)C[CH][C]1[CH]C[C@H]2C[C@@H]1C2(C)C.[Cl][Pd+].[Cl][Pd+]. The molecule has 0 unspecified atom stereocenters. The molecule has 0 spiro atoms. The fraction of sp³-hybridized carbons (Fsp3) is 0.786. The minimum atomic E-state index is 0.595. The van der Waals surface area contributed by atoms with Gasteiger partial charge in [-0.3, -0.25) is 0 Å². The second-order valence-corrected chi connectivity index (χ2v) is 12.2.